The number of benzene rings is 1. The molecule has 4 heteroatoms. The number of carbonyl (C=O) groups excluding carboxylic acids is 1. The summed E-state index contributed by atoms with van der Waals surface area (Å²) in [5.41, 5.74) is 0.145. The van der Waals surface area contributed by atoms with E-state index in [1.807, 2.05) is 11.0 Å². The minimum atomic E-state index is -0.444. The summed E-state index contributed by atoms with van der Waals surface area (Å²) in [6.45, 7) is 2.81. The Morgan fingerprint density at radius 1 is 1.33 bits per heavy atom. The SMILES string of the molecule is CCCCN1C(=O)C2(CCCC2)NC1c1ccccc1F. The molecule has 3 rings (SSSR count). The van der Waals surface area contributed by atoms with E-state index in [4.69, 9.17) is 0 Å². The molecule has 1 atom stereocenters. The number of carbonyl (C=O) groups is 1. The van der Waals surface area contributed by atoms with Crippen LogP contribution in [0.3, 0.4) is 0 Å². The van der Waals surface area contributed by atoms with Crippen molar-refractivity contribution in [3.63, 3.8) is 0 Å². The monoisotopic (exact) mass is 290 g/mol. The molecule has 1 saturated heterocycles. The highest BCUT2D eigenvalue weighted by Gasteiger charge is 2.52. The summed E-state index contributed by atoms with van der Waals surface area (Å²) in [5, 5.41) is 3.47. The average Bonchev–Trinajstić information content (AvgIpc) is 3.06. The van der Waals surface area contributed by atoms with Gasteiger partial charge in [-0.3, -0.25) is 10.1 Å². The Kier molecular flexibility index (Phi) is 3.98. The summed E-state index contributed by atoms with van der Waals surface area (Å²) in [4.78, 5) is 14.7. The highest BCUT2D eigenvalue weighted by molar-refractivity contribution is 5.89. The summed E-state index contributed by atoms with van der Waals surface area (Å²) in [6, 6.07) is 6.78. The van der Waals surface area contributed by atoms with Gasteiger partial charge in [0.05, 0.1) is 5.54 Å². The van der Waals surface area contributed by atoms with E-state index in [9.17, 15) is 9.18 Å². The van der Waals surface area contributed by atoms with Crippen LogP contribution in [-0.2, 0) is 4.79 Å². The Morgan fingerprint density at radius 2 is 2.05 bits per heavy atom. The quantitative estimate of drug-likeness (QED) is 0.922. The van der Waals surface area contributed by atoms with Crippen molar-refractivity contribution >= 4 is 5.91 Å². The molecular formula is C17H23FN2O. The fourth-order valence-electron chi connectivity index (χ4n) is 3.63. The predicted molar refractivity (Wildman–Crippen MR) is 80.1 cm³/mol. The lowest BCUT2D eigenvalue weighted by atomic mass is 9.98. The van der Waals surface area contributed by atoms with Crippen LogP contribution < -0.4 is 5.32 Å². The maximum Gasteiger partial charge on any atom is 0.244 e. The first-order chi connectivity index (χ1) is 10.2. The molecule has 1 aliphatic carbocycles. The van der Waals surface area contributed by atoms with Crippen molar-refractivity contribution < 1.29 is 9.18 Å². The van der Waals surface area contributed by atoms with Crippen LogP contribution in [0.15, 0.2) is 24.3 Å². The third-order valence-electron chi connectivity index (χ3n) is 4.80. The molecule has 3 nitrogen and oxygen atoms in total. The van der Waals surface area contributed by atoms with E-state index in [0.29, 0.717) is 12.1 Å². The van der Waals surface area contributed by atoms with Crippen LogP contribution in [0, 0.1) is 5.82 Å². The summed E-state index contributed by atoms with van der Waals surface area (Å²) in [5.74, 6) is -0.0685. The van der Waals surface area contributed by atoms with Crippen LogP contribution >= 0.6 is 0 Å². The molecule has 1 aromatic carbocycles. The zero-order valence-corrected chi connectivity index (χ0v) is 12.6. The molecular weight excluding hydrogens is 267 g/mol. The van der Waals surface area contributed by atoms with Crippen LogP contribution in [0.5, 0.6) is 0 Å². The number of nitrogens with zero attached hydrogens (tertiary/aromatic N) is 1. The van der Waals surface area contributed by atoms with Crippen molar-refractivity contribution in [2.45, 2.75) is 57.2 Å². The molecule has 1 aliphatic heterocycles. The molecule has 2 fully saturated rings. The molecule has 0 aromatic heterocycles. The molecule has 1 N–H and O–H groups in total. The molecule has 1 heterocycles. The predicted octanol–water partition coefficient (Wildman–Crippen LogP) is 3.37. The van der Waals surface area contributed by atoms with Gasteiger partial charge in [-0.25, -0.2) is 4.39 Å². The van der Waals surface area contributed by atoms with Gasteiger partial charge >= 0.3 is 0 Å². The number of hydrogen-bond acceptors (Lipinski definition) is 2. The Morgan fingerprint density at radius 3 is 2.71 bits per heavy atom. The second-order valence-electron chi connectivity index (χ2n) is 6.21. The van der Waals surface area contributed by atoms with Crippen LogP contribution in [0.4, 0.5) is 4.39 Å². The van der Waals surface area contributed by atoms with Gasteiger partial charge in [0.25, 0.3) is 0 Å². The molecule has 21 heavy (non-hydrogen) atoms. The Bertz CT molecular complexity index is 525. The van der Waals surface area contributed by atoms with E-state index < -0.39 is 5.54 Å². The Balaban J connectivity index is 1.93. The van der Waals surface area contributed by atoms with E-state index in [0.717, 1.165) is 38.5 Å². The third kappa shape index (κ3) is 2.46. The smallest absolute Gasteiger partial charge is 0.244 e. The lowest BCUT2D eigenvalue weighted by Gasteiger charge is -2.24. The van der Waals surface area contributed by atoms with Gasteiger partial charge in [-0.2, -0.15) is 0 Å². The number of nitrogens with one attached hydrogen (secondary N) is 1. The highest BCUT2D eigenvalue weighted by Crippen LogP contribution is 2.41. The van der Waals surface area contributed by atoms with Gasteiger partial charge < -0.3 is 4.90 Å². The van der Waals surface area contributed by atoms with Gasteiger partial charge in [0, 0.05) is 12.1 Å². The first-order valence-electron chi connectivity index (χ1n) is 8.01. The van der Waals surface area contributed by atoms with Crippen molar-refractivity contribution in [2.24, 2.45) is 0 Å². The Hall–Kier alpha value is -1.42. The van der Waals surface area contributed by atoms with E-state index in [-0.39, 0.29) is 17.9 Å². The minimum absolute atomic E-state index is 0.168. The number of rotatable bonds is 4. The van der Waals surface area contributed by atoms with Crippen molar-refractivity contribution in [1.29, 1.82) is 0 Å². The van der Waals surface area contributed by atoms with E-state index >= 15 is 0 Å². The van der Waals surface area contributed by atoms with Gasteiger partial charge in [0.2, 0.25) is 5.91 Å². The van der Waals surface area contributed by atoms with Gasteiger partial charge in [0.15, 0.2) is 0 Å². The summed E-state index contributed by atoms with van der Waals surface area (Å²) >= 11 is 0. The number of unbranched alkanes of at least 4 members (excludes halogenated alkanes) is 1. The molecule has 1 aromatic rings. The fraction of sp³-hybridized carbons (Fsp3) is 0.588. The second-order valence-corrected chi connectivity index (χ2v) is 6.21. The van der Waals surface area contributed by atoms with E-state index in [1.165, 1.54) is 6.07 Å². The van der Waals surface area contributed by atoms with Gasteiger partial charge in [-0.15, -0.1) is 0 Å². The molecule has 0 radical (unpaired) electrons. The van der Waals surface area contributed by atoms with Crippen LogP contribution in [0.25, 0.3) is 0 Å². The lowest BCUT2D eigenvalue weighted by molar-refractivity contribution is -0.133. The van der Waals surface area contributed by atoms with Crippen LogP contribution in [0.1, 0.15) is 57.2 Å². The van der Waals surface area contributed by atoms with Gasteiger partial charge in [-0.05, 0) is 25.3 Å². The molecule has 2 aliphatic rings. The minimum Gasteiger partial charge on any atom is -0.321 e. The number of hydrogen-bond donors (Lipinski definition) is 1. The van der Waals surface area contributed by atoms with Crippen molar-refractivity contribution in [2.75, 3.05) is 6.54 Å². The summed E-state index contributed by atoms with van der Waals surface area (Å²) in [6.07, 6.45) is 5.56. The van der Waals surface area contributed by atoms with Gasteiger partial charge in [0.1, 0.15) is 12.0 Å². The highest BCUT2D eigenvalue weighted by atomic mass is 19.1. The average molecular weight is 290 g/mol. The normalized spacial score (nSPS) is 24.2. The van der Waals surface area contributed by atoms with Crippen LogP contribution in [0.2, 0.25) is 0 Å². The first kappa shape index (κ1) is 14.5. The summed E-state index contributed by atoms with van der Waals surface area (Å²) in [7, 11) is 0. The maximum absolute atomic E-state index is 14.2. The van der Waals surface area contributed by atoms with Gasteiger partial charge in [-0.1, -0.05) is 44.4 Å². The lowest BCUT2D eigenvalue weighted by Crippen LogP contribution is -2.44. The molecule has 1 spiro atoms. The number of halogens is 1. The summed E-state index contributed by atoms with van der Waals surface area (Å²) < 4.78 is 14.2. The van der Waals surface area contributed by atoms with Crippen molar-refractivity contribution in [3.05, 3.63) is 35.6 Å². The zero-order valence-electron chi connectivity index (χ0n) is 12.6. The Labute approximate surface area is 125 Å². The number of amides is 1. The molecule has 1 unspecified atom stereocenters. The fourth-order valence-corrected chi connectivity index (χ4v) is 3.63. The standard InChI is InChI=1S/C17H23FN2O/c1-2-3-12-20-15(13-8-4-5-9-14(13)18)19-17(16(20)21)10-6-7-11-17/h4-5,8-9,15,19H,2-3,6-7,10-12H2,1H3. The third-order valence-corrected chi connectivity index (χ3v) is 4.80. The topological polar surface area (TPSA) is 32.3 Å². The van der Waals surface area contributed by atoms with E-state index in [1.54, 1.807) is 12.1 Å². The van der Waals surface area contributed by atoms with Crippen molar-refractivity contribution in [1.82, 2.24) is 10.2 Å². The maximum atomic E-state index is 14.2. The largest absolute Gasteiger partial charge is 0.321 e. The molecule has 1 saturated carbocycles. The second kappa shape index (κ2) is 5.76. The molecule has 114 valence electrons. The van der Waals surface area contributed by atoms with Crippen LogP contribution in [-0.4, -0.2) is 22.9 Å². The first-order valence-corrected chi connectivity index (χ1v) is 8.01. The molecule has 0 bridgehead atoms. The molecule has 1 amide bonds. The van der Waals surface area contributed by atoms with E-state index in [2.05, 4.69) is 12.2 Å². The van der Waals surface area contributed by atoms with Crippen molar-refractivity contribution in [3.8, 4) is 0 Å². The zero-order chi connectivity index (χ0) is 14.9.